The number of aromatic nitrogens is 2. The molecule has 0 aliphatic carbocycles. The van der Waals surface area contributed by atoms with Crippen LogP contribution in [0.25, 0.3) is 55.2 Å². The molecule has 4 heteroatoms. The van der Waals surface area contributed by atoms with E-state index in [4.69, 9.17) is 0 Å². The third kappa shape index (κ3) is 2.34. The second-order valence-corrected chi connectivity index (χ2v) is 8.50. The molecule has 0 spiro atoms. The molecule has 3 heterocycles. The molecule has 4 nitrogen and oxygen atoms in total. The third-order valence-electron chi connectivity index (χ3n) is 6.70. The largest absolute Gasteiger partial charge is 0.309 e. The monoisotopic (exact) mass is 432 g/mol. The highest BCUT2D eigenvalue weighted by Crippen LogP contribution is 2.42. The first-order valence-corrected chi connectivity index (χ1v) is 11.1. The van der Waals surface area contributed by atoms with Crippen LogP contribution in [0.4, 0.5) is 0 Å². The van der Waals surface area contributed by atoms with Gasteiger partial charge in [0, 0.05) is 21.8 Å². The average molecular weight is 432 g/mol. The topological polar surface area (TPSA) is 56.9 Å². The summed E-state index contributed by atoms with van der Waals surface area (Å²) in [7, 11) is 0. The molecule has 156 valence electrons. The van der Waals surface area contributed by atoms with Crippen molar-refractivity contribution in [3.05, 3.63) is 108 Å². The van der Waals surface area contributed by atoms with Crippen molar-refractivity contribution in [2.24, 2.45) is 0 Å². The van der Waals surface area contributed by atoms with E-state index in [1.165, 1.54) is 21.7 Å². The van der Waals surface area contributed by atoms with Gasteiger partial charge in [0.1, 0.15) is 0 Å². The third-order valence-corrected chi connectivity index (χ3v) is 6.70. The molecule has 3 aromatic heterocycles. The van der Waals surface area contributed by atoms with Gasteiger partial charge in [-0.1, -0.05) is 48.5 Å². The van der Waals surface area contributed by atoms with Crippen LogP contribution in [0.2, 0.25) is 0 Å². The molecule has 7 rings (SSSR count). The summed E-state index contributed by atoms with van der Waals surface area (Å²) in [5.41, 5.74) is 8.50. The van der Waals surface area contributed by atoms with E-state index in [1.54, 1.807) is 6.07 Å². The molecule has 0 N–H and O–H groups in total. The first-order valence-electron chi connectivity index (χ1n) is 11.1. The SMILES string of the molecule is N#Cc1cc(C#N)cc(-n2c3cccc4c3c3c2cccc3n2c(-c3ccccc3)ccc42)c1. The number of benzene rings is 4. The smallest absolute Gasteiger partial charge is 0.0992 e. The highest BCUT2D eigenvalue weighted by atomic mass is 15.0. The van der Waals surface area contributed by atoms with Gasteiger partial charge in [-0.3, -0.25) is 0 Å². The van der Waals surface area contributed by atoms with Crippen molar-refractivity contribution in [1.29, 1.82) is 10.5 Å². The average Bonchev–Trinajstić information content (AvgIpc) is 3.49. The summed E-state index contributed by atoms with van der Waals surface area (Å²) in [6.45, 7) is 0. The van der Waals surface area contributed by atoms with Gasteiger partial charge in [-0.2, -0.15) is 10.5 Å². The maximum atomic E-state index is 9.56. The number of hydrogen-bond acceptors (Lipinski definition) is 2. The summed E-state index contributed by atoms with van der Waals surface area (Å²) in [4.78, 5) is 0. The van der Waals surface area contributed by atoms with Crippen LogP contribution in [0, 0.1) is 22.7 Å². The minimum Gasteiger partial charge on any atom is -0.309 e. The summed E-state index contributed by atoms with van der Waals surface area (Å²) >= 11 is 0. The minimum atomic E-state index is 0.476. The van der Waals surface area contributed by atoms with Crippen molar-refractivity contribution >= 4 is 38.2 Å². The predicted octanol–water partition coefficient (Wildman–Crippen LogP) is 7.04. The Morgan fingerprint density at radius 1 is 0.559 bits per heavy atom. The lowest BCUT2D eigenvalue weighted by atomic mass is 10.0. The Morgan fingerprint density at radius 3 is 1.97 bits per heavy atom. The maximum Gasteiger partial charge on any atom is 0.0992 e. The molecule has 0 unspecified atom stereocenters. The fourth-order valence-electron chi connectivity index (χ4n) is 5.38. The van der Waals surface area contributed by atoms with Crippen molar-refractivity contribution in [1.82, 2.24) is 8.97 Å². The van der Waals surface area contributed by atoms with Gasteiger partial charge in [-0.05, 0) is 54.1 Å². The number of rotatable bonds is 2. The van der Waals surface area contributed by atoms with Gasteiger partial charge in [0.25, 0.3) is 0 Å². The summed E-state index contributed by atoms with van der Waals surface area (Å²) in [6, 6.07) is 37.3. The van der Waals surface area contributed by atoms with Crippen LogP contribution in [0.15, 0.2) is 97.1 Å². The lowest BCUT2D eigenvalue weighted by Crippen LogP contribution is -1.96. The molecule has 0 aliphatic rings. The lowest BCUT2D eigenvalue weighted by Gasteiger charge is -2.11. The van der Waals surface area contributed by atoms with Crippen LogP contribution in [0.5, 0.6) is 0 Å². The zero-order valence-electron chi connectivity index (χ0n) is 18.0. The summed E-state index contributed by atoms with van der Waals surface area (Å²) in [5, 5.41) is 22.7. The van der Waals surface area contributed by atoms with E-state index in [1.807, 2.05) is 18.2 Å². The summed E-state index contributed by atoms with van der Waals surface area (Å²) in [6.07, 6.45) is 0. The van der Waals surface area contributed by atoms with E-state index in [0.29, 0.717) is 11.1 Å². The Kier molecular flexibility index (Phi) is 3.66. The fourth-order valence-corrected chi connectivity index (χ4v) is 5.38. The van der Waals surface area contributed by atoms with E-state index >= 15 is 0 Å². The lowest BCUT2D eigenvalue weighted by molar-refractivity contribution is 1.17. The second-order valence-electron chi connectivity index (χ2n) is 8.50. The van der Waals surface area contributed by atoms with Gasteiger partial charge in [-0.15, -0.1) is 0 Å². The Labute approximate surface area is 195 Å². The van der Waals surface area contributed by atoms with Crippen LogP contribution in [-0.2, 0) is 0 Å². The zero-order chi connectivity index (χ0) is 22.8. The molecule has 0 aliphatic heterocycles. The minimum absolute atomic E-state index is 0.476. The van der Waals surface area contributed by atoms with E-state index in [-0.39, 0.29) is 0 Å². The highest BCUT2D eigenvalue weighted by Gasteiger charge is 2.21. The first kappa shape index (κ1) is 18.5. The Morgan fingerprint density at radius 2 is 1.24 bits per heavy atom. The van der Waals surface area contributed by atoms with Gasteiger partial charge in [0.15, 0.2) is 0 Å². The van der Waals surface area contributed by atoms with Gasteiger partial charge in [0.05, 0.1) is 51.0 Å². The summed E-state index contributed by atoms with van der Waals surface area (Å²) < 4.78 is 4.52. The van der Waals surface area contributed by atoms with Gasteiger partial charge in [0.2, 0.25) is 0 Å². The molecule has 0 saturated heterocycles. The van der Waals surface area contributed by atoms with Crippen molar-refractivity contribution < 1.29 is 0 Å². The molecule has 0 saturated carbocycles. The molecule has 0 bridgehead atoms. The van der Waals surface area contributed by atoms with Crippen LogP contribution in [0.1, 0.15) is 11.1 Å². The van der Waals surface area contributed by atoms with Crippen molar-refractivity contribution in [2.75, 3.05) is 0 Å². The molecular weight excluding hydrogens is 416 g/mol. The van der Waals surface area contributed by atoms with Crippen molar-refractivity contribution in [3.63, 3.8) is 0 Å². The quantitative estimate of drug-likeness (QED) is 0.275. The molecule has 4 aromatic carbocycles. The van der Waals surface area contributed by atoms with Gasteiger partial charge in [-0.25, -0.2) is 0 Å². The molecule has 0 atom stereocenters. The van der Waals surface area contributed by atoms with Crippen LogP contribution >= 0.6 is 0 Å². The van der Waals surface area contributed by atoms with E-state index in [9.17, 15) is 10.5 Å². The predicted molar refractivity (Wildman–Crippen MR) is 135 cm³/mol. The molecule has 34 heavy (non-hydrogen) atoms. The second kappa shape index (κ2) is 6.72. The zero-order valence-corrected chi connectivity index (χ0v) is 18.0. The molecule has 0 radical (unpaired) electrons. The Balaban J connectivity index is 1.69. The number of fused-ring (bicyclic) bond motifs is 3. The number of nitriles is 2. The van der Waals surface area contributed by atoms with Gasteiger partial charge >= 0.3 is 0 Å². The molecule has 0 amide bonds. The molecule has 7 aromatic rings. The Bertz CT molecular complexity index is 1940. The van der Waals surface area contributed by atoms with Crippen molar-refractivity contribution in [2.45, 2.75) is 0 Å². The van der Waals surface area contributed by atoms with Crippen LogP contribution < -0.4 is 0 Å². The standard InChI is InChI=1S/C30H16N4/c31-17-19-14-20(18-32)16-22(15-19)33-26-9-4-8-23-25-13-12-24(21-6-2-1-3-7-21)34(25)28-11-5-10-27(33)30(28)29(23)26/h1-16H. The summed E-state index contributed by atoms with van der Waals surface area (Å²) in [5.74, 6) is 0. The van der Waals surface area contributed by atoms with Crippen LogP contribution in [-0.4, -0.2) is 8.97 Å². The molecule has 0 fully saturated rings. The van der Waals surface area contributed by atoms with Gasteiger partial charge < -0.3 is 8.97 Å². The normalized spacial score (nSPS) is 11.5. The Hall–Kier alpha value is -5.06. The van der Waals surface area contributed by atoms with E-state index < -0.39 is 0 Å². The number of nitrogens with zero attached hydrogens (tertiary/aromatic N) is 4. The van der Waals surface area contributed by atoms with E-state index in [2.05, 4.69) is 93.9 Å². The molecular formula is C30H16N4. The maximum absolute atomic E-state index is 9.56. The number of pyridine rings is 1. The fraction of sp³-hybridized carbons (Fsp3) is 0. The number of hydrogen-bond donors (Lipinski definition) is 0. The first-order chi connectivity index (χ1) is 16.8. The van der Waals surface area contributed by atoms with E-state index in [0.717, 1.165) is 33.4 Å². The highest BCUT2D eigenvalue weighted by molar-refractivity contribution is 6.27. The van der Waals surface area contributed by atoms with Crippen molar-refractivity contribution in [3.8, 4) is 29.1 Å². The van der Waals surface area contributed by atoms with Crippen LogP contribution in [0.3, 0.4) is 0 Å².